The van der Waals surface area contributed by atoms with Crippen LogP contribution in [0.25, 0.3) is 0 Å². The number of rotatable bonds is 5. The van der Waals surface area contributed by atoms with Crippen LogP contribution in [0.1, 0.15) is 0 Å². The molecule has 3 heteroatoms. The van der Waals surface area contributed by atoms with E-state index in [1.165, 1.54) is 0 Å². The predicted octanol–water partition coefficient (Wildman–Crippen LogP) is 0.278. The van der Waals surface area contributed by atoms with E-state index in [2.05, 4.69) is 6.07 Å². The van der Waals surface area contributed by atoms with Crippen molar-refractivity contribution in [3.63, 3.8) is 0 Å². The molecule has 0 aliphatic carbocycles. The highest BCUT2D eigenvalue weighted by Gasteiger charge is 2.02. The molecule has 1 radical (unpaired) electrons. The summed E-state index contributed by atoms with van der Waals surface area (Å²) < 4.78 is 0. The van der Waals surface area contributed by atoms with Crippen LogP contribution < -0.4 is 4.90 Å². The third-order valence-electron chi connectivity index (χ3n) is 1.80. The average Bonchev–Trinajstić information content (AvgIpc) is 2.19. The maximum atomic E-state index is 8.79. The highest BCUT2D eigenvalue weighted by Crippen LogP contribution is 2.11. The number of anilines is 1. The molecule has 0 aliphatic heterocycles. The SMILES string of the molecule is OCCN(CCO)c1c[c]ccc1. The fourth-order valence-electron chi connectivity index (χ4n) is 1.19. The Balaban J connectivity index is 2.64. The monoisotopic (exact) mass is 180 g/mol. The van der Waals surface area contributed by atoms with Crippen LogP contribution in [-0.2, 0) is 0 Å². The van der Waals surface area contributed by atoms with Gasteiger partial charge in [0.25, 0.3) is 0 Å². The molecule has 71 valence electrons. The van der Waals surface area contributed by atoms with E-state index in [0.29, 0.717) is 13.1 Å². The first-order valence-corrected chi connectivity index (χ1v) is 4.31. The van der Waals surface area contributed by atoms with Gasteiger partial charge in [-0.3, -0.25) is 0 Å². The summed E-state index contributed by atoms with van der Waals surface area (Å²) in [7, 11) is 0. The summed E-state index contributed by atoms with van der Waals surface area (Å²) in [6.45, 7) is 1.26. The van der Waals surface area contributed by atoms with E-state index in [4.69, 9.17) is 10.2 Å². The number of aliphatic hydroxyl groups is 2. The average molecular weight is 180 g/mol. The smallest absolute Gasteiger partial charge is 0.0606 e. The van der Waals surface area contributed by atoms with Crippen LogP contribution in [0.2, 0.25) is 0 Å². The van der Waals surface area contributed by atoms with Gasteiger partial charge in [0, 0.05) is 18.8 Å². The van der Waals surface area contributed by atoms with Crippen LogP contribution in [0.3, 0.4) is 0 Å². The summed E-state index contributed by atoms with van der Waals surface area (Å²) in [6.07, 6.45) is 0. The van der Waals surface area contributed by atoms with Crippen LogP contribution in [0.4, 0.5) is 5.69 Å². The van der Waals surface area contributed by atoms with Crippen LogP contribution >= 0.6 is 0 Å². The lowest BCUT2D eigenvalue weighted by Crippen LogP contribution is -2.29. The molecule has 0 unspecified atom stereocenters. The quantitative estimate of drug-likeness (QED) is 0.684. The molecule has 0 aliphatic rings. The number of nitrogens with zero attached hydrogens (tertiary/aromatic N) is 1. The van der Waals surface area contributed by atoms with Gasteiger partial charge in [-0.05, 0) is 18.2 Å². The fraction of sp³-hybridized carbons (Fsp3) is 0.400. The van der Waals surface area contributed by atoms with Crippen molar-refractivity contribution >= 4 is 5.69 Å². The van der Waals surface area contributed by atoms with Crippen molar-refractivity contribution in [2.75, 3.05) is 31.2 Å². The van der Waals surface area contributed by atoms with E-state index >= 15 is 0 Å². The maximum absolute atomic E-state index is 8.79. The van der Waals surface area contributed by atoms with Crippen molar-refractivity contribution in [1.29, 1.82) is 0 Å². The molecule has 0 fully saturated rings. The predicted molar refractivity (Wildman–Crippen MR) is 51.7 cm³/mol. The molecule has 0 saturated heterocycles. The zero-order valence-electron chi connectivity index (χ0n) is 7.48. The van der Waals surface area contributed by atoms with Crippen molar-refractivity contribution < 1.29 is 10.2 Å². The summed E-state index contributed by atoms with van der Waals surface area (Å²) in [5.74, 6) is 0. The van der Waals surface area contributed by atoms with E-state index in [1.54, 1.807) is 0 Å². The van der Waals surface area contributed by atoms with E-state index in [0.717, 1.165) is 5.69 Å². The summed E-state index contributed by atoms with van der Waals surface area (Å²) in [5.41, 5.74) is 0.977. The van der Waals surface area contributed by atoms with Gasteiger partial charge in [-0.1, -0.05) is 12.1 Å². The minimum Gasteiger partial charge on any atom is -0.395 e. The van der Waals surface area contributed by atoms with Crippen molar-refractivity contribution in [1.82, 2.24) is 0 Å². The van der Waals surface area contributed by atoms with Crippen LogP contribution in [0.5, 0.6) is 0 Å². The summed E-state index contributed by atoms with van der Waals surface area (Å²) >= 11 is 0. The Hall–Kier alpha value is -1.06. The molecular formula is C10H14NO2. The van der Waals surface area contributed by atoms with Gasteiger partial charge in [0.1, 0.15) is 0 Å². The van der Waals surface area contributed by atoms with Crippen molar-refractivity contribution in [2.45, 2.75) is 0 Å². The lowest BCUT2D eigenvalue weighted by Gasteiger charge is -2.22. The second-order valence-electron chi connectivity index (χ2n) is 2.70. The number of aliphatic hydroxyl groups excluding tert-OH is 2. The largest absolute Gasteiger partial charge is 0.395 e. The van der Waals surface area contributed by atoms with Gasteiger partial charge >= 0.3 is 0 Å². The molecule has 1 aromatic carbocycles. The first-order chi connectivity index (χ1) is 6.38. The number of hydrogen-bond acceptors (Lipinski definition) is 3. The third kappa shape index (κ3) is 3.05. The standard InChI is InChI=1S/C10H14NO2/c12-8-6-11(7-9-13)10-4-2-1-3-5-10/h1-2,4-5,12-13H,6-9H2. The van der Waals surface area contributed by atoms with Crippen LogP contribution in [0.15, 0.2) is 24.3 Å². The molecule has 0 atom stereocenters. The molecule has 13 heavy (non-hydrogen) atoms. The third-order valence-corrected chi connectivity index (χ3v) is 1.80. The molecule has 1 rings (SSSR count). The van der Waals surface area contributed by atoms with Crippen molar-refractivity contribution in [3.8, 4) is 0 Å². The molecule has 0 spiro atoms. The Bertz CT molecular complexity index is 220. The minimum absolute atomic E-state index is 0.0922. The molecule has 1 aromatic rings. The zero-order valence-corrected chi connectivity index (χ0v) is 7.48. The molecule has 0 aromatic heterocycles. The normalized spacial score (nSPS) is 10.0. The molecule has 2 N–H and O–H groups in total. The number of hydrogen-bond donors (Lipinski definition) is 2. The van der Waals surface area contributed by atoms with E-state index < -0.39 is 0 Å². The van der Waals surface area contributed by atoms with Gasteiger partial charge in [-0.25, -0.2) is 0 Å². The summed E-state index contributed by atoms with van der Waals surface area (Å²) in [6, 6.07) is 10.4. The Labute approximate surface area is 78.2 Å². The van der Waals surface area contributed by atoms with Gasteiger partial charge in [-0.2, -0.15) is 0 Å². The van der Waals surface area contributed by atoms with Crippen molar-refractivity contribution in [3.05, 3.63) is 30.3 Å². The van der Waals surface area contributed by atoms with E-state index in [-0.39, 0.29) is 13.2 Å². The van der Waals surface area contributed by atoms with Gasteiger partial charge in [0.15, 0.2) is 0 Å². The van der Waals surface area contributed by atoms with Gasteiger partial charge in [0.2, 0.25) is 0 Å². The van der Waals surface area contributed by atoms with Crippen LogP contribution in [-0.4, -0.2) is 36.5 Å². The van der Waals surface area contributed by atoms with Gasteiger partial charge < -0.3 is 15.1 Å². The fourth-order valence-corrected chi connectivity index (χ4v) is 1.19. The lowest BCUT2D eigenvalue weighted by atomic mass is 10.3. The Morgan fingerprint density at radius 2 is 1.92 bits per heavy atom. The summed E-state index contributed by atoms with van der Waals surface area (Å²) in [5, 5.41) is 17.6. The number of benzene rings is 1. The van der Waals surface area contributed by atoms with E-state index in [9.17, 15) is 0 Å². The molecule has 0 amide bonds. The molecule has 0 bridgehead atoms. The zero-order chi connectivity index (χ0) is 9.52. The Morgan fingerprint density at radius 3 is 2.38 bits per heavy atom. The molecule has 0 saturated carbocycles. The van der Waals surface area contributed by atoms with Gasteiger partial charge in [0.05, 0.1) is 13.2 Å². The first-order valence-electron chi connectivity index (χ1n) is 4.31. The van der Waals surface area contributed by atoms with E-state index in [1.807, 2.05) is 29.2 Å². The molecule has 3 nitrogen and oxygen atoms in total. The van der Waals surface area contributed by atoms with Crippen molar-refractivity contribution in [2.24, 2.45) is 0 Å². The minimum atomic E-state index is 0.0922. The second kappa shape index (κ2) is 5.56. The first kappa shape index (κ1) is 10.0. The molecular weight excluding hydrogens is 166 g/mol. The molecule has 0 heterocycles. The topological polar surface area (TPSA) is 43.7 Å². The second-order valence-corrected chi connectivity index (χ2v) is 2.70. The Kier molecular flexibility index (Phi) is 4.29. The highest BCUT2D eigenvalue weighted by molar-refractivity contribution is 5.45. The van der Waals surface area contributed by atoms with Gasteiger partial charge in [-0.15, -0.1) is 0 Å². The summed E-state index contributed by atoms with van der Waals surface area (Å²) in [4.78, 5) is 1.91. The lowest BCUT2D eigenvalue weighted by molar-refractivity contribution is 0.281. The Morgan fingerprint density at radius 1 is 1.23 bits per heavy atom. The van der Waals surface area contributed by atoms with Crippen LogP contribution in [0, 0.1) is 6.07 Å². The maximum Gasteiger partial charge on any atom is 0.0606 e. The highest BCUT2D eigenvalue weighted by atomic mass is 16.3.